The number of thioether (sulfide) groups is 1. The number of rotatable bonds is 8. The molecule has 1 amide bonds. The van der Waals surface area contributed by atoms with Gasteiger partial charge in [-0.2, -0.15) is 0 Å². The van der Waals surface area contributed by atoms with Crippen LogP contribution in [-0.2, 0) is 16.6 Å². The van der Waals surface area contributed by atoms with E-state index in [-0.39, 0.29) is 9.46 Å². The first-order chi connectivity index (χ1) is 17.7. The molecule has 192 valence electrons. The smallest absolute Gasteiger partial charge is 0.407 e. The SMILES string of the molecule is Cc1cc(N(C)S(=O)(=O)c2cccs2)c2[nH]c(C3=NCC(CN(Cc4ccccc4)C(=O)O)S3)cc2c1. The van der Waals surface area contributed by atoms with Gasteiger partial charge >= 0.3 is 6.09 Å². The largest absolute Gasteiger partial charge is 0.465 e. The number of hydrogen-bond acceptors (Lipinski definition) is 6. The van der Waals surface area contributed by atoms with Crippen LogP contribution < -0.4 is 4.31 Å². The van der Waals surface area contributed by atoms with Gasteiger partial charge in [0.1, 0.15) is 9.25 Å². The molecule has 0 saturated carbocycles. The summed E-state index contributed by atoms with van der Waals surface area (Å²) >= 11 is 2.73. The Hall–Kier alpha value is -3.28. The molecule has 0 saturated heterocycles. The lowest BCUT2D eigenvalue weighted by Crippen LogP contribution is -2.35. The molecule has 1 aliphatic rings. The van der Waals surface area contributed by atoms with Crippen LogP contribution in [0.5, 0.6) is 0 Å². The van der Waals surface area contributed by atoms with E-state index in [1.807, 2.05) is 55.5 Å². The molecule has 0 spiro atoms. The Balaban J connectivity index is 1.36. The highest BCUT2D eigenvalue weighted by atomic mass is 32.2. The second kappa shape index (κ2) is 10.2. The number of nitrogens with one attached hydrogen (secondary N) is 1. The van der Waals surface area contributed by atoms with Crippen molar-refractivity contribution >= 4 is 60.8 Å². The van der Waals surface area contributed by atoms with Gasteiger partial charge in [0.15, 0.2) is 0 Å². The molecule has 4 aromatic rings. The Morgan fingerprint density at radius 3 is 2.65 bits per heavy atom. The number of benzene rings is 2. The molecule has 2 aromatic heterocycles. The molecule has 37 heavy (non-hydrogen) atoms. The molecule has 5 rings (SSSR count). The average Bonchev–Trinajstić information content (AvgIpc) is 3.64. The molecule has 3 heterocycles. The Bertz CT molecular complexity index is 1560. The van der Waals surface area contributed by atoms with E-state index in [0.717, 1.165) is 27.3 Å². The van der Waals surface area contributed by atoms with E-state index in [0.29, 0.717) is 30.8 Å². The van der Waals surface area contributed by atoms with Crippen LogP contribution in [-0.4, -0.2) is 59.9 Å². The third kappa shape index (κ3) is 5.25. The number of carbonyl (C=O) groups is 1. The van der Waals surface area contributed by atoms with Crippen LogP contribution in [0.2, 0.25) is 0 Å². The molecule has 11 heteroatoms. The molecule has 8 nitrogen and oxygen atoms in total. The fourth-order valence-corrected chi connectivity index (χ4v) is 7.80. The van der Waals surface area contributed by atoms with Gasteiger partial charge in [-0.05, 0) is 47.7 Å². The Morgan fingerprint density at radius 2 is 1.95 bits per heavy atom. The van der Waals surface area contributed by atoms with Crippen LogP contribution in [0.3, 0.4) is 0 Å². The number of sulfonamides is 1. The third-order valence-electron chi connectivity index (χ3n) is 6.16. The van der Waals surface area contributed by atoms with E-state index in [4.69, 9.17) is 0 Å². The van der Waals surface area contributed by atoms with Gasteiger partial charge in [0.05, 0.1) is 23.4 Å². The summed E-state index contributed by atoms with van der Waals surface area (Å²) in [7, 11) is -2.12. The van der Waals surface area contributed by atoms with Gasteiger partial charge in [0.2, 0.25) is 0 Å². The summed E-state index contributed by atoms with van der Waals surface area (Å²) < 4.78 is 28.0. The van der Waals surface area contributed by atoms with Crippen LogP contribution in [0.4, 0.5) is 10.5 Å². The van der Waals surface area contributed by atoms with Crippen molar-refractivity contribution in [1.29, 1.82) is 0 Å². The zero-order valence-corrected chi connectivity index (χ0v) is 22.7. The number of aryl methyl sites for hydroxylation is 1. The maximum Gasteiger partial charge on any atom is 0.407 e. The molecule has 1 unspecified atom stereocenters. The van der Waals surface area contributed by atoms with E-state index in [1.165, 1.54) is 20.5 Å². The van der Waals surface area contributed by atoms with Crippen molar-refractivity contribution in [3.05, 3.63) is 82.9 Å². The first-order valence-corrected chi connectivity index (χ1v) is 14.8. The van der Waals surface area contributed by atoms with E-state index in [1.54, 1.807) is 36.3 Å². The predicted octanol–water partition coefficient (Wildman–Crippen LogP) is 5.41. The van der Waals surface area contributed by atoms with Crippen LogP contribution in [0, 0.1) is 6.92 Å². The second-order valence-corrected chi connectivity index (χ2v) is 13.3. The monoisotopic (exact) mass is 554 g/mol. The maximum absolute atomic E-state index is 13.2. The van der Waals surface area contributed by atoms with Gasteiger partial charge in [-0.3, -0.25) is 9.30 Å². The molecule has 0 fully saturated rings. The van der Waals surface area contributed by atoms with Gasteiger partial charge in [-0.1, -0.05) is 48.2 Å². The summed E-state index contributed by atoms with van der Waals surface area (Å²) in [5.41, 5.74) is 3.95. The van der Waals surface area contributed by atoms with Crippen molar-refractivity contribution in [3.8, 4) is 0 Å². The van der Waals surface area contributed by atoms with Crippen molar-refractivity contribution in [2.24, 2.45) is 4.99 Å². The molecule has 2 N–H and O–H groups in total. The maximum atomic E-state index is 13.2. The minimum atomic E-state index is -3.69. The summed E-state index contributed by atoms with van der Waals surface area (Å²) in [5.74, 6) is 0. The van der Waals surface area contributed by atoms with Crippen molar-refractivity contribution in [2.45, 2.75) is 22.9 Å². The topological polar surface area (TPSA) is 106 Å². The predicted molar refractivity (Wildman–Crippen MR) is 151 cm³/mol. The summed E-state index contributed by atoms with van der Waals surface area (Å²) in [6, 6.07) is 18.7. The highest BCUT2D eigenvalue weighted by Crippen LogP contribution is 2.35. The minimum absolute atomic E-state index is 0.00990. The lowest BCUT2D eigenvalue weighted by atomic mass is 10.1. The number of nitrogens with zero attached hydrogens (tertiary/aromatic N) is 3. The summed E-state index contributed by atoms with van der Waals surface area (Å²) in [6.45, 7) is 3.12. The first kappa shape index (κ1) is 25.4. The molecule has 0 aliphatic carbocycles. The Labute approximate surface area is 223 Å². The second-order valence-electron chi connectivity index (χ2n) is 8.87. The minimum Gasteiger partial charge on any atom is -0.465 e. The Morgan fingerprint density at radius 1 is 1.16 bits per heavy atom. The van der Waals surface area contributed by atoms with E-state index in [9.17, 15) is 18.3 Å². The van der Waals surface area contributed by atoms with Gasteiger partial charge in [0, 0.05) is 30.8 Å². The number of aromatic amines is 1. The third-order valence-corrected chi connectivity index (χ3v) is 10.5. The number of amides is 1. The van der Waals surface area contributed by atoms with Crippen LogP contribution in [0.25, 0.3) is 10.9 Å². The van der Waals surface area contributed by atoms with Gasteiger partial charge in [-0.15, -0.1) is 11.3 Å². The molecule has 2 aromatic carbocycles. The fourth-order valence-electron chi connectivity index (χ4n) is 4.33. The molecule has 0 radical (unpaired) electrons. The Kier molecular flexibility index (Phi) is 7.02. The van der Waals surface area contributed by atoms with E-state index < -0.39 is 16.1 Å². The number of hydrogen-bond donors (Lipinski definition) is 2. The number of aliphatic imine (C=N–C) groups is 1. The molecular formula is C26H26N4O4S3. The van der Waals surface area contributed by atoms with E-state index >= 15 is 0 Å². The number of anilines is 1. The number of H-pyrrole nitrogens is 1. The van der Waals surface area contributed by atoms with Crippen LogP contribution in [0.15, 0.2) is 75.2 Å². The quantitative estimate of drug-likeness (QED) is 0.303. The van der Waals surface area contributed by atoms with Crippen molar-refractivity contribution in [3.63, 3.8) is 0 Å². The fraction of sp³-hybridized carbons (Fsp3) is 0.231. The van der Waals surface area contributed by atoms with Crippen molar-refractivity contribution < 1.29 is 18.3 Å². The highest BCUT2D eigenvalue weighted by molar-refractivity contribution is 8.15. The lowest BCUT2D eigenvalue weighted by molar-refractivity contribution is 0.143. The first-order valence-electron chi connectivity index (χ1n) is 11.6. The van der Waals surface area contributed by atoms with Crippen LogP contribution in [0.1, 0.15) is 16.8 Å². The van der Waals surface area contributed by atoms with E-state index in [2.05, 4.69) is 9.98 Å². The lowest BCUT2D eigenvalue weighted by Gasteiger charge is -2.22. The molecule has 1 aliphatic heterocycles. The van der Waals surface area contributed by atoms with Gasteiger partial charge < -0.3 is 15.0 Å². The summed E-state index contributed by atoms with van der Waals surface area (Å²) in [5, 5.41) is 13.2. The summed E-state index contributed by atoms with van der Waals surface area (Å²) in [4.78, 5) is 21.4. The number of aromatic nitrogens is 1. The highest BCUT2D eigenvalue weighted by Gasteiger charge is 2.28. The number of fused-ring (bicyclic) bond motifs is 1. The normalized spacial score (nSPS) is 15.6. The number of thiophene rings is 1. The van der Waals surface area contributed by atoms with Gasteiger partial charge in [0.25, 0.3) is 10.0 Å². The van der Waals surface area contributed by atoms with Gasteiger partial charge in [-0.25, -0.2) is 13.2 Å². The molecular weight excluding hydrogens is 529 g/mol. The zero-order chi connectivity index (χ0) is 26.2. The van der Waals surface area contributed by atoms with Crippen LogP contribution >= 0.6 is 23.1 Å². The van der Waals surface area contributed by atoms with Crippen molar-refractivity contribution in [2.75, 3.05) is 24.4 Å². The van der Waals surface area contributed by atoms with Crippen molar-refractivity contribution in [1.82, 2.24) is 9.88 Å². The average molecular weight is 555 g/mol. The number of carboxylic acid groups (broad SMARTS) is 1. The summed E-state index contributed by atoms with van der Waals surface area (Å²) in [6.07, 6.45) is -0.960. The molecule has 0 bridgehead atoms. The molecule has 1 atom stereocenters. The zero-order valence-electron chi connectivity index (χ0n) is 20.3. The standard InChI is InChI=1S/C26H26N4O4S3/c1-17-11-19-13-21(28-24(19)22(12-17)29(2)37(33,34)23-9-6-10-35-23)25-27-14-20(36-25)16-30(26(31)32)15-18-7-4-3-5-8-18/h3-13,20,28H,14-16H2,1-2H3,(H,31,32).